The zero-order valence-corrected chi connectivity index (χ0v) is 20.0. The van der Waals surface area contributed by atoms with Crippen molar-refractivity contribution in [1.29, 1.82) is 0 Å². The summed E-state index contributed by atoms with van der Waals surface area (Å²) in [4.78, 5) is 27.7. The smallest absolute Gasteiger partial charge is 0.295 e. The second-order valence-electron chi connectivity index (χ2n) is 7.86. The molecular formula is C27H23Cl2NO4. The summed E-state index contributed by atoms with van der Waals surface area (Å²) in [7, 11) is 0. The Hall–Kier alpha value is -3.28. The van der Waals surface area contributed by atoms with Gasteiger partial charge in [-0.15, -0.1) is 0 Å². The van der Waals surface area contributed by atoms with Crippen molar-refractivity contribution in [3.8, 4) is 5.75 Å². The Morgan fingerprint density at radius 2 is 1.68 bits per heavy atom. The summed E-state index contributed by atoms with van der Waals surface area (Å²) in [5.41, 5.74) is 2.05. The molecule has 5 nitrogen and oxygen atoms in total. The van der Waals surface area contributed by atoms with Gasteiger partial charge in [-0.25, -0.2) is 0 Å². The van der Waals surface area contributed by atoms with Crippen LogP contribution in [-0.4, -0.2) is 34.8 Å². The summed E-state index contributed by atoms with van der Waals surface area (Å²) in [5, 5.41) is 11.8. The third kappa shape index (κ3) is 4.81. The van der Waals surface area contributed by atoms with Gasteiger partial charge >= 0.3 is 0 Å². The zero-order valence-electron chi connectivity index (χ0n) is 18.5. The van der Waals surface area contributed by atoms with Crippen molar-refractivity contribution >= 4 is 40.7 Å². The first-order chi connectivity index (χ1) is 16.4. The zero-order chi connectivity index (χ0) is 24.2. The van der Waals surface area contributed by atoms with E-state index in [1.54, 1.807) is 42.5 Å². The molecule has 1 N–H and O–H groups in total. The van der Waals surface area contributed by atoms with Crippen LogP contribution in [0.15, 0.2) is 78.4 Å². The fourth-order valence-corrected chi connectivity index (χ4v) is 4.37. The number of likely N-dealkylation sites (tertiary alicyclic amines) is 1. The first-order valence-corrected chi connectivity index (χ1v) is 11.7. The summed E-state index contributed by atoms with van der Waals surface area (Å²) >= 11 is 12.4. The first kappa shape index (κ1) is 23.9. The molecule has 4 rings (SSSR count). The number of ketones is 1. The molecule has 1 amide bonds. The summed E-state index contributed by atoms with van der Waals surface area (Å²) in [6.07, 6.45) is 0.550. The third-order valence-electron chi connectivity index (χ3n) is 5.72. The second-order valence-corrected chi connectivity index (χ2v) is 8.67. The Kier molecular flexibility index (Phi) is 7.25. The van der Waals surface area contributed by atoms with Crippen LogP contribution in [0.2, 0.25) is 10.0 Å². The Balaban J connectivity index is 1.78. The molecule has 1 fully saturated rings. The van der Waals surface area contributed by atoms with Gasteiger partial charge in [0.15, 0.2) is 0 Å². The fourth-order valence-electron chi connectivity index (χ4n) is 4.07. The van der Waals surface area contributed by atoms with E-state index >= 15 is 0 Å². The van der Waals surface area contributed by atoms with E-state index in [-0.39, 0.29) is 11.3 Å². The van der Waals surface area contributed by atoms with Crippen molar-refractivity contribution in [2.45, 2.75) is 19.4 Å². The number of rotatable bonds is 7. The molecule has 1 heterocycles. The Labute approximate surface area is 208 Å². The summed E-state index contributed by atoms with van der Waals surface area (Å²) < 4.78 is 5.46. The number of carbonyl (C=O) groups is 2. The van der Waals surface area contributed by atoms with Gasteiger partial charge < -0.3 is 14.7 Å². The van der Waals surface area contributed by atoms with Crippen LogP contribution >= 0.6 is 23.2 Å². The van der Waals surface area contributed by atoms with Crippen LogP contribution in [0.1, 0.15) is 29.7 Å². The number of carbonyl (C=O) groups excluding carboxylic acids is 2. The summed E-state index contributed by atoms with van der Waals surface area (Å²) in [5.74, 6) is -1.02. The van der Waals surface area contributed by atoms with Crippen molar-refractivity contribution in [2.24, 2.45) is 0 Å². The van der Waals surface area contributed by atoms with Crippen molar-refractivity contribution in [2.75, 3.05) is 13.2 Å². The topological polar surface area (TPSA) is 66.8 Å². The predicted molar refractivity (Wildman–Crippen MR) is 133 cm³/mol. The molecule has 0 spiro atoms. The highest BCUT2D eigenvalue weighted by molar-refractivity contribution is 6.46. The molecule has 0 aromatic heterocycles. The van der Waals surface area contributed by atoms with Crippen LogP contribution in [0.5, 0.6) is 5.75 Å². The van der Waals surface area contributed by atoms with E-state index in [1.807, 2.05) is 37.3 Å². The van der Waals surface area contributed by atoms with E-state index < -0.39 is 17.7 Å². The molecule has 1 aliphatic rings. The highest BCUT2D eigenvalue weighted by atomic mass is 35.5. The highest BCUT2D eigenvalue weighted by Crippen LogP contribution is 2.41. The number of Topliss-reactive ketones (excluding diaryl/α,β-unsaturated/α-hetero) is 1. The van der Waals surface area contributed by atoms with Gasteiger partial charge in [-0.2, -0.15) is 0 Å². The number of benzene rings is 3. The minimum absolute atomic E-state index is 0.0145. The number of amides is 1. The maximum absolute atomic E-state index is 13.2. The minimum atomic E-state index is -0.801. The molecule has 7 heteroatoms. The average molecular weight is 496 g/mol. The van der Waals surface area contributed by atoms with Gasteiger partial charge in [0.25, 0.3) is 11.7 Å². The molecule has 1 unspecified atom stereocenters. The van der Waals surface area contributed by atoms with E-state index in [1.165, 1.54) is 4.90 Å². The molecule has 3 aromatic rings. The number of aliphatic hydroxyl groups excluding tert-OH is 1. The van der Waals surface area contributed by atoms with Crippen molar-refractivity contribution in [3.05, 3.63) is 105 Å². The molecule has 0 saturated carbocycles. The lowest BCUT2D eigenvalue weighted by Crippen LogP contribution is -2.31. The first-order valence-electron chi connectivity index (χ1n) is 10.9. The lowest BCUT2D eigenvalue weighted by molar-refractivity contribution is -0.139. The molecular weight excluding hydrogens is 473 g/mol. The summed E-state index contributed by atoms with van der Waals surface area (Å²) in [6.45, 7) is 2.68. The lowest BCUT2D eigenvalue weighted by atomic mass is 9.95. The van der Waals surface area contributed by atoms with Gasteiger partial charge in [0.2, 0.25) is 0 Å². The number of ether oxygens (including phenoxy) is 1. The number of halogens is 2. The number of hydrogen-bond donors (Lipinski definition) is 1. The van der Waals surface area contributed by atoms with E-state index in [4.69, 9.17) is 27.9 Å². The van der Waals surface area contributed by atoms with Gasteiger partial charge in [-0.1, -0.05) is 59.6 Å². The van der Waals surface area contributed by atoms with Gasteiger partial charge in [0.1, 0.15) is 11.5 Å². The molecule has 1 atom stereocenters. The number of hydrogen-bond acceptors (Lipinski definition) is 4. The van der Waals surface area contributed by atoms with Crippen LogP contribution in [0.3, 0.4) is 0 Å². The van der Waals surface area contributed by atoms with Crippen LogP contribution in [-0.2, 0) is 16.0 Å². The van der Waals surface area contributed by atoms with Crippen LogP contribution in [0, 0.1) is 0 Å². The average Bonchev–Trinajstić information content (AvgIpc) is 3.10. The molecule has 0 bridgehead atoms. The predicted octanol–water partition coefficient (Wildman–Crippen LogP) is 6.06. The quantitative estimate of drug-likeness (QED) is 0.246. The molecule has 3 aromatic carbocycles. The highest BCUT2D eigenvalue weighted by Gasteiger charge is 2.46. The van der Waals surface area contributed by atoms with E-state index in [0.29, 0.717) is 46.5 Å². The van der Waals surface area contributed by atoms with Crippen LogP contribution in [0.4, 0.5) is 0 Å². The Bertz CT molecular complexity index is 1240. The van der Waals surface area contributed by atoms with Gasteiger partial charge in [0, 0.05) is 12.1 Å². The fraction of sp³-hybridized carbons (Fsp3) is 0.185. The third-order valence-corrected chi connectivity index (χ3v) is 6.46. The normalized spacial score (nSPS) is 17.3. The van der Waals surface area contributed by atoms with Gasteiger partial charge in [0.05, 0.1) is 28.3 Å². The molecule has 174 valence electrons. The second kappa shape index (κ2) is 10.3. The maximum Gasteiger partial charge on any atom is 0.295 e. The number of aliphatic hydroxyl groups is 1. The minimum Gasteiger partial charge on any atom is -0.507 e. The molecule has 1 aliphatic heterocycles. The van der Waals surface area contributed by atoms with Crippen LogP contribution in [0.25, 0.3) is 5.76 Å². The summed E-state index contributed by atoms with van der Waals surface area (Å²) in [6, 6.07) is 20.6. The molecule has 34 heavy (non-hydrogen) atoms. The standard InChI is InChI=1S/C27H23Cl2NO4/c1-2-34-20-11-8-18(9-12-20)25(31)23-24(19-10-13-21(28)22(29)16-19)30(27(33)26(23)32)15-14-17-6-4-3-5-7-17/h3-13,16,24,31H,2,14-15H2,1H3/b25-23+. The van der Waals surface area contributed by atoms with Gasteiger partial charge in [-0.05, 0) is 60.9 Å². The van der Waals surface area contributed by atoms with Crippen molar-refractivity contribution in [1.82, 2.24) is 4.90 Å². The Morgan fingerprint density at radius 1 is 0.971 bits per heavy atom. The molecule has 0 aliphatic carbocycles. The van der Waals surface area contributed by atoms with E-state index in [9.17, 15) is 14.7 Å². The van der Waals surface area contributed by atoms with Crippen LogP contribution < -0.4 is 4.74 Å². The van der Waals surface area contributed by atoms with E-state index in [0.717, 1.165) is 5.56 Å². The molecule has 1 saturated heterocycles. The largest absolute Gasteiger partial charge is 0.507 e. The number of nitrogens with zero attached hydrogens (tertiary/aromatic N) is 1. The monoisotopic (exact) mass is 495 g/mol. The maximum atomic E-state index is 13.2. The Morgan fingerprint density at radius 3 is 2.32 bits per heavy atom. The van der Waals surface area contributed by atoms with Crippen molar-refractivity contribution in [3.63, 3.8) is 0 Å². The van der Waals surface area contributed by atoms with Gasteiger partial charge in [-0.3, -0.25) is 9.59 Å². The SMILES string of the molecule is CCOc1ccc(/C(O)=C2\C(=O)C(=O)N(CCc3ccccc3)C2c2ccc(Cl)c(Cl)c2)cc1. The van der Waals surface area contributed by atoms with E-state index in [2.05, 4.69) is 0 Å². The van der Waals surface area contributed by atoms with Crippen molar-refractivity contribution < 1.29 is 19.4 Å². The lowest BCUT2D eigenvalue weighted by Gasteiger charge is -2.25. The molecule has 0 radical (unpaired) electrons.